The van der Waals surface area contributed by atoms with E-state index in [0.29, 0.717) is 45.4 Å². The molecule has 86 heavy (non-hydrogen) atoms. The molecule has 0 aliphatic carbocycles. The van der Waals surface area contributed by atoms with Crippen LogP contribution in [0.4, 0.5) is 0 Å². The van der Waals surface area contributed by atoms with Crippen molar-refractivity contribution in [3.63, 3.8) is 0 Å². The van der Waals surface area contributed by atoms with E-state index in [0.717, 1.165) is 105 Å². The first kappa shape index (κ1) is 51.7. The molecule has 12 nitrogen and oxygen atoms in total. The van der Waals surface area contributed by atoms with Gasteiger partial charge in [-0.15, -0.1) is 0 Å². The van der Waals surface area contributed by atoms with Gasteiger partial charge in [-0.25, -0.2) is 19.9 Å². The minimum absolute atomic E-state index is 0.372. The molecule has 0 aliphatic rings. The summed E-state index contributed by atoms with van der Waals surface area (Å²) in [4.78, 5) is 42.3. The Morgan fingerprint density at radius 3 is 1.22 bits per heavy atom. The fourth-order valence-electron chi connectivity index (χ4n) is 11.1. The second-order valence-corrected chi connectivity index (χ2v) is 21.0. The Kier molecular flexibility index (Phi) is 13.3. The summed E-state index contributed by atoms with van der Waals surface area (Å²) in [5, 5.41) is 6.22. The number of halogens is 2. The van der Waals surface area contributed by atoms with Crippen LogP contribution >= 0.6 is 23.2 Å². The predicted molar refractivity (Wildman–Crippen MR) is 348 cm³/mol. The fourth-order valence-corrected chi connectivity index (χ4v) is 11.6. The van der Waals surface area contributed by atoms with Crippen molar-refractivity contribution in [3.05, 3.63) is 283 Å². The van der Waals surface area contributed by atoms with Gasteiger partial charge >= 0.3 is 0 Å². The van der Waals surface area contributed by atoms with Gasteiger partial charge in [-0.1, -0.05) is 260 Å². The number of nitrogens with zero attached hydrogens (tertiary/aromatic N) is 11. The molecule has 0 saturated carbocycles. The summed E-state index contributed by atoms with van der Waals surface area (Å²) in [6.07, 6.45) is 0. The van der Waals surface area contributed by atoms with Crippen LogP contribution in [0.1, 0.15) is 0 Å². The van der Waals surface area contributed by atoms with Crippen molar-refractivity contribution in [3.8, 4) is 68.8 Å². The van der Waals surface area contributed by atoms with Crippen molar-refractivity contribution < 1.29 is 0 Å². The third-order valence-corrected chi connectivity index (χ3v) is 15.9. The van der Waals surface area contributed by atoms with E-state index in [1.807, 2.05) is 194 Å². The van der Waals surface area contributed by atoms with Crippen LogP contribution in [0.15, 0.2) is 273 Å². The highest BCUT2D eigenvalue weighted by molar-refractivity contribution is 6.45. The summed E-state index contributed by atoms with van der Waals surface area (Å²) in [6, 6.07) is 91.0. The van der Waals surface area contributed by atoms with E-state index < -0.39 is 0 Å². The van der Waals surface area contributed by atoms with Crippen molar-refractivity contribution in [2.45, 2.75) is 0 Å². The lowest BCUT2D eigenvalue weighted by molar-refractivity contribution is 0.934. The third kappa shape index (κ3) is 9.41. The quantitative estimate of drug-likeness (QED) is 0.167. The van der Waals surface area contributed by atoms with E-state index in [2.05, 4.69) is 97.8 Å². The van der Waals surface area contributed by atoms with Crippen LogP contribution in [0.3, 0.4) is 0 Å². The maximum absolute atomic E-state index is 6.60. The minimum Gasteiger partial charge on any atom is -0.338 e. The maximum Gasteiger partial charge on any atom is 0.239 e. The molecule has 7 heterocycles. The molecule has 7 aromatic heterocycles. The summed E-state index contributed by atoms with van der Waals surface area (Å²) in [5.41, 5.74) is 12.6. The SMILES string of the molecule is Clc1c(Cl)n(-c2nc(-c3ccccc3)nc(-c3ccccc3)n2)c2ccccc12.c1ccc(-c2nc(-c3ccccc3)nc(-n3c4ccccc4c4c5ccccc5c5nc6ccccc6n5c43)n2)cc1.c1ccc(-c2nc3ccccc3[nH]2)cc1. The number of aromatic amines is 1. The van der Waals surface area contributed by atoms with Gasteiger partial charge in [0.1, 0.15) is 22.3 Å². The molecule has 0 saturated heterocycles. The van der Waals surface area contributed by atoms with Gasteiger partial charge in [0.25, 0.3) is 0 Å². The molecule has 10 aromatic carbocycles. The molecule has 0 unspecified atom stereocenters. The highest BCUT2D eigenvalue weighted by Crippen LogP contribution is 2.41. The molecule has 0 bridgehead atoms. The molecule has 17 rings (SSSR count). The second kappa shape index (κ2) is 22.2. The topological polar surface area (TPSA) is 133 Å². The van der Waals surface area contributed by atoms with Crippen molar-refractivity contribution in [2.24, 2.45) is 0 Å². The first-order valence-corrected chi connectivity index (χ1v) is 28.7. The number of hydrogen-bond donors (Lipinski definition) is 1. The summed E-state index contributed by atoms with van der Waals surface area (Å²) >= 11 is 13.1. The summed E-state index contributed by atoms with van der Waals surface area (Å²) in [6.45, 7) is 0. The fraction of sp³-hybridized carbons (Fsp3) is 0. The van der Waals surface area contributed by atoms with Gasteiger partial charge in [-0.3, -0.25) is 13.5 Å². The number of rotatable bonds is 7. The number of aromatic nitrogens is 12. The molecule has 0 atom stereocenters. The van der Waals surface area contributed by atoms with Gasteiger partial charge in [-0.2, -0.15) is 19.9 Å². The summed E-state index contributed by atoms with van der Waals surface area (Å²) < 4.78 is 6.21. The Labute approximate surface area is 502 Å². The summed E-state index contributed by atoms with van der Waals surface area (Å²) in [7, 11) is 0. The molecule has 0 fully saturated rings. The van der Waals surface area contributed by atoms with Crippen LogP contribution in [0.5, 0.6) is 0 Å². The Morgan fingerprint density at radius 2 is 0.698 bits per heavy atom. The number of fused-ring (bicyclic) bond motifs is 12. The number of nitrogens with one attached hydrogen (secondary N) is 1. The van der Waals surface area contributed by atoms with Crippen molar-refractivity contribution >= 4 is 94.5 Å². The number of imidazole rings is 2. The average Bonchev–Trinajstić information content (AvgIpc) is 1.58. The maximum atomic E-state index is 6.60. The zero-order chi connectivity index (χ0) is 57.5. The number of para-hydroxylation sites is 6. The van der Waals surface area contributed by atoms with E-state index in [9.17, 15) is 0 Å². The Hall–Kier alpha value is -11.2. The highest BCUT2D eigenvalue weighted by Gasteiger charge is 2.25. The predicted octanol–water partition coefficient (Wildman–Crippen LogP) is 17.9. The molecule has 1 N–H and O–H groups in total. The minimum atomic E-state index is 0.372. The Balaban J connectivity index is 0.000000122. The van der Waals surface area contributed by atoms with E-state index >= 15 is 0 Å². The monoisotopic (exact) mass is 1150 g/mol. The van der Waals surface area contributed by atoms with Crippen LogP contribution in [0, 0.1) is 0 Å². The molecule has 0 spiro atoms. The van der Waals surface area contributed by atoms with Crippen LogP contribution in [0.25, 0.3) is 140 Å². The van der Waals surface area contributed by atoms with Crippen LogP contribution in [0.2, 0.25) is 10.2 Å². The number of hydrogen-bond acceptors (Lipinski definition) is 8. The standard InChI is InChI=1S/C36H22N6.C23H14Cl2N4.C13H10N2/c1-3-13-23(14-4-1)32-38-33(24-15-5-2-6-16-24)40-36(39-32)42-29-21-11-9-19-27(29)31-25-17-7-8-18-26(25)34-37-28-20-10-12-22-30(28)41(34)35(31)42;24-19-17-13-7-8-14-18(17)29(20(19)25)23-27-21(15-9-3-1-4-10-15)26-22(28-23)16-11-5-2-6-12-16;1-2-6-10(7-3-1)13-14-11-8-4-5-9-12(11)15-13/h1-22H;1-14H;1-9H,(H,14,15). The first-order chi connectivity index (χ1) is 42.5. The van der Waals surface area contributed by atoms with Gasteiger partial charge in [0, 0.05) is 49.4 Å². The molecule has 0 amide bonds. The number of H-pyrrole nitrogens is 1. The first-order valence-electron chi connectivity index (χ1n) is 27.9. The molecule has 17 aromatic rings. The van der Waals surface area contributed by atoms with Crippen LogP contribution in [-0.2, 0) is 0 Å². The third-order valence-electron chi connectivity index (χ3n) is 15.0. The lowest BCUT2D eigenvalue weighted by Gasteiger charge is -2.12. The second-order valence-electron chi connectivity index (χ2n) is 20.3. The molecule has 0 radical (unpaired) electrons. The van der Waals surface area contributed by atoms with Crippen LogP contribution in [-0.4, -0.2) is 58.4 Å². The molecule has 0 aliphatic heterocycles. The lowest BCUT2D eigenvalue weighted by Crippen LogP contribution is -2.08. The zero-order valence-corrected chi connectivity index (χ0v) is 47.2. The normalized spacial score (nSPS) is 11.4. The largest absolute Gasteiger partial charge is 0.338 e. The Morgan fingerprint density at radius 1 is 0.302 bits per heavy atom. The van der Waals surface area contributed by atoms with Gasteiger partial charge in [0.05, 0.1) is 38.1 Å². The molecular formula is C72H46Cl2N12. The Bertz CT molecular complexity index is 5170. The number of benzene rings is 10. The van der Waals surface area contributed by atoms with Gasteiger partial charge in [-0.05, 0) is 41.8 Å². The highest BCUT2D eigenvalue weighted by atomic mass is 35.5. The van der Waals surface area contributed by atoms with E-state index in [-0.39, 0.29) is 0 Å². The zero-order valence-electron chi connectivity index (χ0n) is 45.7. The molecular weight excluding hydrogens is 1100 g/mol. The number of pyridine rings is 1. The van der Waals surface area contributed by atoms with Gasteiger partial charge < -0.3 is 4.98 Å². The van der Waals surface area contributed by atoms with Gasteiger partial charge in [0.15, 0.2) is 23.3 Å². The smallest absolute Gasteiger partial charge is 0.239 e. The molecule has 14 heteroatoms. The van der Waals surface area contributed by atoms with Crippen molar-refractivity contribution in [2.75, 3.05) is 0 Å². The van der Waals surface area contributed by atoms with E-state index in [1.165, 1.54) is 0 Å². The van der Waals surface area contributed by atoms with Crippen LogP contribution < -0.4 is 0 Å². The molecule has 408 valence electrons. The van der Waals surface area contributed by atoms with Crippen molar-refractivity contribution in [1.29, 1.82) is 0 Å². The average molecular weight is 1150 g/mol. The van der Waals surface area contributed by atoms with E-state index in [1.54, 1.807) is 4.57 Å². The summed E-state index contributed by atoms with van der Waals surface area (Å²) in [5.74, 6) is 4.29. The van der Waals surface area contributed by atoms with Gasteiger partial charge in [0.2, 0.25) is 11.9 Å². The lowest BCUT2D eigenvalue weighted by atomic mass is 10.1. The van der Waals surface area contributed by atoms with Crippen molar-refractivity contribution in [1.82, 2.24) is 58.4 Å². The van der Waals surface area contributed by atoms with E-state index in [4.69, 9.17) is 58.1 Å².